The highest BCUT2D eigenvalue weighted by molar-refractivity contribution is 5.97. The lowest BCUT2D eigenvalue weighted by atomic mass is 10.1. The second-order valence-corrected chi connectivity index (χ2v) is 7.22. The minimum Gasteiger partial charge on any atom is -0.454 e. The molecule has 4 rings (SSSR count). The van der Waals surface area contributed by atoms with Crippen molar-refractivity contribution in [3.05, 3.63) is 23.8 Å². The number of carbonyl (C=O) groups is 2. The number of piperazine rings is 1. The van der Waals surface area contributed by atoms with E-state index < -0.39 is 0 Å². The molecule has 3 N–H and O–H groups in total. The van der Waals surface area contributed by atoms with E-state index in [1.54, 1.807) is 0 Å². The molecule has 0 unspecified atom stereocenters. The van der Waals surface area contributed by atoms with Gasteiger partial charge in [0, 0.05) is 18.7 Å². The molecule has 0 aromatic heterocycles. The number of urea groups is 1. The Morgan fingerprint density at radius 3 is 2.73 bits per heavy atom. The number of ether oxygens (including phenoxy) is 2. The van der Waals surface area contributed by atoms with Crippen molar-refractivity contribution in [1.29, 1.82) is 0 Å². The van der Waals surface area contributed by atoms with Gasteiger partial charge in [-0.15, -0.1) is 0 Å². The molecule has 3 aliphatic rings. The molecular weight excluding hydrogens is 336 g/mol. The maximum absolute atomic E-state index is 12.5. The van der Waals surface area contributed by atoms with Gasteiger partial charge in [-0.05, 0) is 25.1 Å². The molecule has 0 saturated carbocycles. The number of nitrogens with one attached hydrogen (secondary N) is 3. The van der Waals surface area contributed by atoms with Gasteiger partial charge in [0.2, 0.25) is 6.79 Å². The monoisotopic (exact) mass is 362 g/mol. The maximum atomic E-state index is 12.5. The average Bonchev–Trinajstić information content (AvgIpc) is 3.29. The van der Waals surface area contributed by atoms with Crippen LogP contribution in [0.3, 0.4) is 0 Å². The highest BCUT2D eigenvalue weighted by atomic mass is 16.7. The van der Waals surface area contributed by atoms with E-state index in [0.29, 0.717) is 19.9 Å². The molecule has 8 nitrogen and oxygen atoms in total. The first-order valence-electron chi connectivity index (χ1n) is 9.27. The smallest absolute Gasteiger partial charge is 0.324 e. The molecule has 3 heterocycles. The van der Waals surface area contributed by atoms with Gasteiger partial charge in [0.1, 0.15) is 32.7 Å². The fourth-order valence-electron chi connectivity index (χ4n) is 3.96. The van der Waals surface area contributed by atoms with E-state index in [4.69, 9.17) is 9.47 Å². The van der Waals surface area contributed by atoms with Crippen LogP contribution in [0.2, 0.25) is 0 Å². The van der Waals surface area contributed by atoms with Crippen LogP contribution in [0.25, 0.3) is 0 Å². The van der Waals surface area contributed by atoms with Gasteiger partial charge in [0.05, 0.1) is 0 Å². The molecule has 140 valence electrons. The van der Waals surface area contributed by atoms with Crippen LogP contribution >= 0.6 is 0 Å². The summed E-state index contributed by atoms with van der Waals surface area (Å²) in [6.07, 6.45) is 0. The van der Waals surface area contributed by atoms with E-state index in [1.165, 1.54) is 20.3 Å². The molecule has 3 amide bonds. The number of nitrogens with zero attached hydrogens (tertiary/aromatic N) is 1. The van der Waals surface area contributed by atoms with Crippen LogP contribution in [-0.4, -0.2) is 68.9 Å². The molecule has 0 radical (unpaired) electrons. The van der Waals surface area contributed by atoms with Gasteiger partial charge in [0.15, 0.2) is 17.5 Å². The summed E-state index contributed by atoms with van der Waals surface area (Å²) in [6, 6.07) is 5.70. The van der Waals surface area contributed by atoms with Gasteiger partial charge < -0.3 is 24.6 Å². The molecule has 1 aromatic rings. The van der Waals surface area contributed by atoms with Crippen molar-refractivity contribution in [2.45, 2.75) is 19.5 Å². The predicted octanol–water partition coefficient (Wildman–Crippen LogP) is -2.36. The summed E-state index contributed by atoms with van der Waals surface area (Å²) >= 11 is 0. The molecular formula is C18H26N4O4+2. The summed E-state index contributed by atoms with van der Waals surface area (Å²) < 4.78 is 10.8. The number of hydrogen-bond acceptors (Lipinski definition) is 4. The molecule has 0 bridgehead atoms. The summed E-state index contributed by atoms with van der Waals surface area (Å²) in [5.74, 6) is 1.58. The van der Waals surface area contributed by atoms with Crippen molar-refractivity contribution in [1.82, 2.24) is 10.2 Å². The fourth-order valence-corrected chi connectivity index (χ4v) is 3.96. The van der Waals surface area contributed by atoms with Crippen molar-refractivity contribution in [2.75, 3.05) is 46.1 Å². The lowest BCUT2D eigenvalue weighted by Crippen LogP contribution is -3.29. The summed E-state index contributed by atoms with van der Waals surface area (Å²) in [6.45, 7) is 8.10. The number of fused-ring (bicyclic) bond motifs is 1. The average molecular weight is 362 g/mol. The van der Waals surface area contributed by atoms with E-state index in [9.17, 15) is 9.59 Å². The van der Waals surface area contributed by atoms with Crippen LogP contribution in [0, 0.1) is 0 Å². The third-order valence-corrected chi connectivity index (χ3v) is 5.60. The molecule has 0 spiro atoms. The van der Waals surface area contributed by atoms with Crippen LogP contribution in [-0.2, 0) is 11.3 Å². The van der Waals surface area contributed by atoms with Crippen LogP contribution in [0.4, 0.5) is 4.79 Å². The van der Waals surface area contributed by atoms with Gasteiger partial charge in [-0.3, -0.25) is 9.69 Å². The molecule has 2 saturated heterocycles. The first kappa shape index (κ1) is 17.1. The molecule has 3 aliphatic heterocycles. The largest absolute Gasteiger partial charge is 0.454 e. The van der Waals surface area contributed by atoms with Crippen molar-refractivity contribution in [3.8, 4) is 11.5 Å². The lowest BCUT2D eigenvalue weighted by Gasteiger charge is -2.33. The van der Waals surface area contributed by atoms with E-state index >= 15 is 0 Å². The van der Waals surface area contributed by atoms with Gasteiger partial charge in [-0.2, -0.15) is 0 Å². The quantitative estimate of drug-likeness (QED) is 0.560. The highest BCUT2D eigenvalue weighted by Gasteiger charge is 2.37. The zero-order valence-corrected chi connectivity index (χ0v) is 15.0. The Hall–Kier alpha value is -2.32. The molecule has 0 aliphatic carbocycles. The topological polar surface area (TPSA) is 76.8 Å². The lowest BCUT2D eigenvalue weighted by molar-refractivity contribution is -1.02. The van der Waals surface area contributed by atoms with Crippen molar-refractivity contribution < 1.29 is 28.9 Å². The van der Waals surface area contributed by atoms with E-state index in [-0.39, 0.29) is 18.0 Å². The molecule has 26 heavy (non-hydrogen) atoms. The summed E-state index contributed by atoms with van der Waals surface area (Å²) in [5.41, 5.74) is 1.24. The van der Waals surface area contributed by atoms with Crippen molar-refractivity contribution >= 4 is 11.9 Å². The normalized spacial score (nSPS) is 25.9. The minimum absolute atomic E-state index is 0.0609. The maximum Gasteiger partial charge on any atom is 0.324 e. The Bertz CT molecular complexity index is 702. The van der Waals surface area contributed by atoms with Gasteiger partial charge in [-0.1, -0.05) is 0 Å². The zero-order chi connectivity index (χ0) is 18.1. The number of benzene rings is 1. The van der Waals surface area contributed by atoms with Crippen LogP contribution in [0.5, 0.6) is 11.5 Å². The van der Waals surface area contributed by atoms with E-state index in [0.717, 1.165) is 44.2 Å². The van der Waals surface area contributed by atoms with Crippen LogP contribution < -0.4 is 24.6 Å². The van der Waals surface area contributed by atoms with E-state index in [2.05, 4.69) is 17.4 Å². The zero-order valence-electron chi connectivity index (χ0n) is 15.0. The Labute approximate surface area is 152 Å². The first-order valence-corrected chi connectivity index (χ1v) is 9.27. The Morgan fingerprint density at radius 2 is 2.00 bits per heavy atom. The Morgan fingerprint density at radius 1 is 1.23 bits per heavy atom. The number of carbonyl (C=O) groups excluding carboxylic acids is 2. The summed E-state index contributed by atoms with van der Waals surface area (Å²) in [4.78, 5) is 28.4. The number of rotatable bonds is 4. The van der Waals surface area contributed by atoms with Crippen LogP contribution in [0.15, 0.2) is 18.2 Å². The summed E-state index contributed by atoms with van der Waals surface area (Å²) in [7, 11) is 0. The minimum atomic E-state index is -0.256. The predicted molar refractivity (Wildman–Crippen MR) is 92.2 cm³/mol. The number of hydrogen-bond donors (Lipinski definition) is 3. The molecule has 2 fully saturated rings. The fraction of sp³-hybridized carbons (Fsp3) is 0.556. The second kappa shape index (κ2) is 7.13. The summed E-state index contributed by atoms with van der Waals surface area (Å²) in [5, 5.41) is 2.69. The van der Waals surface area contributed by atoms with E-state index in [1.807, 2.05) is 13.0 Å². The Balaban J connectivity index is 1.29. The van der Waals surface area contributed by atoms with Crippen molar-refractivity contribution in [3.63, 3.8) is 0 Å². The molecule has 1 aromatic carbocycles. The second-order valence-electron chi connectivity index (χ2n) is 7.22. The molecule has 8 heteroatoms. The van der Waals surface area contributed by atoms with Crippen LogP contribution in [0.1, 0.15) is 12.5 Å². The first-order chi connectivity index (χ1) is 12.6. The SMILES string of the molecule is C[C@@H](C(=O)N1CCNC1=O)[NH+]1CC[NH+](Cc2ccc3c(c2)OCO3)CC1. The number of amides is 3. The standard InChI is InChI=1S/C18H24N4O4/c1-13(17(23)22-5-4-19-18(22)24)21-8-6-20(7-9-21)11-14-2-3-15-16(10-14)26-12-25-15/h2-3,10,13H,4-9,11-12H2,1H3,(H,19,24)/p+2/t13-/m0/s1. The number of imide groups is 1. The highest BCUT2D eigenvalue weighted by Crippen LogP contribution is 2.32. The third kappa shape index (κ3) is 3.34. The molecule has 1 atom stereocenters. The number of quaternary nitrogens is 2. The Kier molecular flexibility index (Phi) is 4.69. The van der Waals surface area contributed by atoms with Gasteiger partial charge in [-0.25, -0.2) is 4.79 Å². The third-order valence-electron chi connectivity index (χ3n) is 5.60. The van der Waals surface area contributed by atoms with Crippen molar-refractivity contribution in [2.24, 2.45) is 0 Å². The van der Waals surface area contributed by atoms with Gasteiger partial charge >= 0.3 is 6.03 Å². The van der Waals surface area contributed by atoms with Gasteiger partial charge in [0.25, 0.3) is 5.91 Å².